The van der Waals surface area contributed by atoms with Gasteiger partial charge in [-0.05, 0) is 52.1 Å². The van der Waals surface area contributed by atoms with Crippen molar-refractivity contribution in [1.29, 1.82) is 0 Å². The Balaban J connectivity index is 2.07. The quantitative estimate of drug-likeness (QED) is 0.355. The summed E-state index contributed by atoms with van der Waals surface area (Å²) in [4.78, 5) is 12.1. The number of ether oxygens (including phenoxy) is 2. The molecular weight excluding hydrogens is 340 g/mol. The molecule has 0 aliphatic heterocycles. The minimum atomic E-state index is -0.939. The second-order valence-corrected chi connectivity index (χ2v) is 6.15. The Hall–Kier alpha value is -3.11. The zero-order valence-corrected chi connectivity index (χ0v) is 15.4. The second kappa shape index (κ2) is 8.52. The first kappa shape index (κ1) is 18.7. The van der Waals surface area contributed by atoms with Crippen LogP contribution in [0.25, 0.3) is 21.9 Å². The SMILES string of the molecule is CC/C(=C(/C(=O)O)c1ccc(OCOC)cc1)c1ccc2ccccc2c1. The molecule has 0 fully saturated rings. The van der Waals surface area contributed by atoms with Crippen LogP contribution in [-0.2, 0) is 9.53 Å². The fourth-order valence-corrected chi connectivity index (χ4v) is 3.17. The molecule has 3 aromatic carbocycles. The van der Waals surface area contributed by atoms with Gasteiger partial charge in [-0.25, -0.2) is 4.79 Å². The van der Waals surface area contributed by atoms with Gasteiger partial charge in [-0.2, -0.15) is 0 Å². The summed E-state index contributed by atoms with van der Waals surface area (Å²) in [5.41, 5.74) is 2.69. The van der Waals surface area contributed by atoms with E-state index >= 15 is 0 Å². The Kier molecular flexibility index (Phi) is 5.89. The van der Waals surface area contributed by atoms with Crippen molar-refractivity contribution in [1.82, 2.24) is 0 Å². The first-order chi connectivity index (χ1) is 13.1. The lowest BCUT2D eigenvalue weighted by molar-refractivity contribution is -0.130. The maximum atomic E-state index is 12.1. The molecule has 27 heavy (non-hydrogen) atoms. The molecule has 0 saturated heterocycles. The Morgan fingerprint density at radius 1 is 0.926 bits per heavy atom. The van der Waals surface area contributed by atoms with Gasteiger partial charge in [0.1, 0.15) is 5.75 Å². The molecule has 0 radical (unpaired) electrons. The van der Waals surface area contributed by atoms with Gasteiger partial charge in [0.25, 0.3) is 0 Å². The van der Waals surface area contributed by atoms with E-state index < -0.39 is 5.97 Å². The van der Waals surface area contributed by atoms with Crippen molar-refractivity contribution < 1.29 is 19.4 Å². The Morgan fingerprint density at radius 3 is 2.22 bits per heavy atom. The second-order valence-electron chi connectivity index (χ2n) is 6.15. The molecule has 0 amide bonds. The van der Waals surface area contributed by atoms with Gasteiger partial charge in [-0.3, -0.25) is 0 Å². The summed E-state index contributed by atoms with van der Waals surface area (Å²) in [5.74, 6) is -0.306. The van der Waals surface area contributed by atoms with Crippen LogP contribution in [0.3, 0.4) is 0 Å². The van der Waals surface area contributed by atoms with E-state index in [9.17, 15) is 9.90 Å². The van der Waals surface area contributed by atoms with E-state index in [0.29, 0.717) is 23.3 Å². The van der Waals surface area contributed by atoms with Crippen molar-refractivity contribution in [3.63, 3.8) is 0 Å². The zero-order valence-electron chi connectivity index (χ0n) is 15.4. The lowest BCUT2D eigenvalue weighted by Crippen LogP contribution is -2.04. The molecule has 3 aromatic rings. The van der Waals surface area contributed by atoms with E-state index in [0.717, 1.165) is 21.9 Å². The highest BCUT2D eigenvalue weighted by molar-refractivity contribution is 6.23. The molecule has 4 nitrogen and oxygen atoms in total. The highest BCUT2D eigenvalue weighted by Gasteiger charge is 2.17. The molecule has 0 aliphatic carbocycles. The summed E-state index contributed by atoms with van der Waals surface area (Å²) < 4.78 is 10.3. The number of hydrogen-bond donors (Lipinski definition) is 1. The number of carbonyl (C=O) groups is 1. The van der Waals surface area contributed by atoms with Crippen molar-refractivity contribution in [2.75, 3.05) is 13.9 Å². The van der Waals surface area contributed by atoms with Crippen molar-refractivity contribution in [3.05, 3.63) is 77.9 Å². The largest absolute Gasteiger partial charge is 0.478 e. The molecule has 0 spiro atoms. The summed E-state index contributed by atoms with van der Waals surface area (Å²) >= 11 is 0. The lowest BCUT2D eigenvalue weighted by Gasteiger charge is -2.13. The van der Waals surface area contributed by atoms with Gasteiger partial charge >= 0.3 is 5.97 Å². The number of rotatable bonds is 7. The van der Waals surface area contributed by atoms with E-state index in [4.69, 9.17) is 9.47 Å². The van der Waals surface area contributed by atoms with Gasteiger partial charge in [0.05, 0.1) is 5.57 Å². The van der Waals surface area contributed by atoms with Crippen LogP contribution in [0.4, 0.5) is 0 Å². The molecule has 0 unspecified atom stereocenters. The molecule has 138 valence electrons. The van der Waals surface area contributed by atoms with Gasteiger partial charge in [-0.1, -0.05) is 55.5 Å². The molecule has 0 heterocycles. The first-order valence-corrected chi connectivity index (χ1v) is 8.81. The third kappa shape index (κ3) is 4.18. The van der Waals surface area contributed by atoms with Crippen molar-refractivity contribution >= 4 is 27.9 Å². The fourth-order valence-electron chi connectivity index (χ4n) is 3.17. The fraction of sp³-hybridized carbons (Fsp3) is 0.174. The first-order valence-electron chi connectivity index (χ1n) is 8.81. The third-order valence-electron chi connectivity index (χ3n) is 4.45. The summed E-state index contributed by atoms with van der Waals surface area (Å²) in [5, 5.41) is 12.1. The summed E-state index contributed by atoms with van der Waals surface area (Å²) in [6.45, 7) is 2.13. The Morgan fingerprint density at radius 2 is 1.59 bits per heavy atom. The molecular formula is C23H22O4. The molecule has 0 aromatic heterocycles. The number of fused-ring (bicyclic) bond motifs is 1. The molecule has 4 heteroatoms. The normalized spacial score (nSPS) is 11.9. The highest BCUT2D eigenvalue weighted by atomic mass is 16.7. The van der Waals surface area contributed by atoms with E-state index in [1.54, 1.807) is 31.4 Å². The van der Waals surface area contributed by atoms with Crippen LogP contribution in [0.2, 0.25) is 0 Å². The monoisotopic (exact) mass is 362 g/mol. The molecule has 0 aliphatic rings. The van der Waals surface area contributed by atoms with Gasteiger partial charge in [0.2, 0.25) is 0 Å². The zero-order chi connectivity index (χ0) is 19.2. The van der Waals surface area contributed by atoms with Crippen LogP contribution in [-0.4, -0.2) is 25.0 Å². The average molecular weight is 362 g/mol. The van der Waals surface area contributed by atoms with Gasteiger partial charge in [0.15, 0.2) is 6.79 Å². The summed E-state index contributed by atoms with van der Waals surface area (Å²) in [6.07, 6.45) is 0.613. The van der Waals surface area contributed by atoms with Crippen molar-refractivity contribution in [2.24, 2.45) is 0 Å². The standard InChI is InChI=1S/C23H22O4/c1-3-21(19-9-8-16-6-4-5-7-18(16)14-19)22(23(24)25)17-10-12-20(13-11-17)27-15-26-2/h4-14H,3,15H2,1-2H3,(H,24,25)/b22-21-. The molecule has 1 N–H and O–H groups in total. The number of carboxylic acids is 1. The Bertz CT molecular complexity index is 971. The highest BCUT2D eigenvalue weighted by Crippen LogP contribution is 2.32. The number of benzene rings is 3. The predicted octanol–water partition coefficient (Wildman–Crippen LogP) is 5.23. The number of allylic oxidation sites excluding steroid dienone is 1. The van der Waals surface area contributed by atoms with Crippen molar-refractivity contribution in [3.8, 4) is 5.75 Å². The van der Waals surface area contributed by atoms with Crippen LogP contribution >= 0.6 is 0 Å². The minimum Gasteiger partial charge on any atom is -0.478 e. The van der Waals surface area contributed by atoms with E-state index in [1.165, 1.54) is 0 Å². The summed E-state index contributed by atoms with van der Waals surface area (Å²) in [7, 11) is 1.55. The van der Waals surface area contributed by atoms with Crippen LogP contribution in [0.15, 0.2) is 66.7 Å². The van der Waals surface area contributed by atoms with Crippen LogP contribution in [0, 0.1) is 0 Å². The minimum absolute atomic E-state index is 0.151. The van der Waals surface area contributed by atoms with Crippen molar-refractivity contribution in [2.45, 2.75) is 13.3 Å². The van der Waals surface area contributed by atoms with Crippen LogP contribution < -0.4 is 4.74 Å². The predicted molar refractivity (Wildman–Crippen MR) is 108 cm³/mol. The van der Waals surface area contributed by atoms with Gasteiger partial charge in [0, 0.05) is 7.11 Å². The van der Waals surface area contributed by atoms with Gasteiger partial charge in [-0.15, -0.1) is 0 Å². The number of methoxy groups -OCH3 is 1. The number of hydrogen-bond acceptors (Lipinski definition) is 3. The maximum absolute atomic E-state index is 12.1. The van der Waals surface area contributed by atoms with E-state index in [2.05, 4.69) is 0 Å². The lowest BCUT2D eigenvalue weighted by atomic mass is 9.91. The topological polar surface area (TPSA) is 55.8 Å². The number of carboxylic acid groups (broad SMARTS) is 1. The van der Waals surface area contributed by atoms with E-state index in [-0.39, 0.29) is 6.79 Å². The van der Waals surface area contributed by atoms with E-state index in [1.807, 2.05) is 49.4 Å². The van der Waals surface area contributed by atoms with Crippen LogP contribution in [0.1, 0.15) is 24.5 Å². The number of aliphatic carboxylic acids is 1. The summed E-state index contributed by atoms with van der Waals surface area (Å²) in [6, 6.07) is 21.2. The van der Waals surface area contributed by atoms with Crippen LogP contribution in [0.5, 0.6) is 5.75 Å². The molecule has 3 rings (SSSR count). The third-order valence-corrected chi connectivity index (χ3v) is 4.45. The molecule has 0 bridgehead atoms. The average Bonchev–Trinajstić information content (AvgIpc) is 2.70. The molecule has 0 atom stereocenters. The maximum Gasteiger partial charge on any atom is 0.336 e. The van der Waals surface area contributed by atoms with Gasteiger partial charge < -0.3 is 14.6 Å². The molecule has 0 saturated carbocycles. The Labute approximate surface area is 158 Å². The smallest absolute Gasteiger partial charge is 0.336 e.